The molecule has 1 heterocycles. The van der Waals surface area contributed by atoms with Crippen LogP contribution >= 0.6 is 0 Å². The van der Waals surface area contributed by atoms with E-state index in [-0.39, 0.29) is 31.9 Å². The van der Waals surface area contributed by atoms with Gasteiger partial charge in [0.05, 0.1) is 6.10 Å². The van der Waals surface area contributed by atoms with Gasteiger partial charge in [-0.25, -0.2) is 0 Å². The van der Waals surface area contributed by atoms with Crippen LogP contribution in [-0.2, 0) is 19.3 Å². The molecule has 0 aromatic rings. The van der Waals surface area contributed by atoms with E-state index in [0.717, 1.165) is 4.31 Å². The Balaban J connectivity index is 2.05. The number of hydrogen-bond donors (Lipinski definition) is 5. The van der Waals surface area contributed by atoms with Crippen molar-refractivity contribution in [2.75, 3.05) is 13.1 Å². The van der Waals surface area contributed by atoms with Crippen molar-refractivity contribution in [2.45, 2.75) is 43.3 Å². The first-order valence-electron chi connectivity index (χ1n) is 7.38. The van der Waals surface area contributed by atoms with E-state index in [2.05, 4.69) is 0 Å². The first-order chi connectivity index (χ1) is 10.6. The van der Waals surface area contributed by atoms with Crippen LogP contribution in [0.25, 0.3) is 0 Å². The van der Waals surface area contributed by atoms with E-state index in [1.807, 2.05) is 0 Å². The van der Waals surface area contributed by atoms with Gasteiger partial charge in [-0.3, -0.25) is 8.98 Å². The molecule has 1 saturated heterocycles. The number of nitrogens with two attached hydrogens (primary N) is 2. The lowest BCUT2D eigenvalue weighted by molar-refractivity contribution is -0.144. The van der Waals surface area contributed by atoms with Crippen molar-refractivity contribution >= 4 is 23.4 Å². The first-order valence-corrected chi connectivity index (χ1v) is 8.75. The van der Waals surface area contributed by atoms with Crippen LogP contribution in [0.5, 0.6) is 0 Å². The van der Waals surface area contributed by atoms with Crippen molar-refractivity contribution in [2.24, 2.45) is 17.4 Å². The van der Waals surface area contributed by atoms with Gasteiger partial charge in [-0.2, -0.15) is 12.7 Å². The molecule has 0 aromatic heterocycles. The number of hydrogen-bond acceptors (Lipinski definition) is 8. The maximum Gasteiger partial charge on any atom is 0.451 e. The summed E-state index contributed by atoms with van der Waals surface area (Å²) in [5.41, 5.74) is 9.70. The minimum atomic E-state index is -4.10. The van der Waals surface area contributed by atoms with Crippen LogP contribution < -0.4 is 11.5 Å². The van der Waals surface area contributed by atoms with Crippen LogP contribution in [0.3, 0.4) is 0 Å². The highest BCUT2D eigenvalue weighted by Gasteiger charge is 2.53. The molecule has 12 heteroatoms. The zero-order chi connectivity index (χ0) is 17.4. The third-order valence-corrected chi connectivity index (χ3v) is 5.74. The van der Waals surface area contributed by atoms with E-state index in [9.17, 15) is 18.3 Å². The van der Waals surface area contributed by atoms with Gasteiger partial charge >= 0.3 is 23.4 Å². The van der Waals surface area contributed by atoms with Gasteiger partial charge in [-0.1, -0.05) is 6.42 Å². The number of carboxylic acid groups (broad SMARTS) is 1. The summed E-state index contributed by atoms with van der Waals surface area (Å²) >= 11 is 0. The minimum Gasteiger partial charge on any atom is -0.480 e. The fraction of sp³-hybridized carbons (Fsp3) is 0.909. The van der Waals surface area contributed by atoms with E-state index < -0.39 is 41.0 Å². The summed E-state index contributed by atoms with van der Waals surface area (Å²) in [5, 5.41) is 27.1. The van der Waals surface area contributed by atoms with Crippen molar-refractivity contribution in [1.82, 2.24) is 4.31 Å². The van der Waals surface area contributed by atoms with Gasteiger partial charge in [0.2, 0.25) is 0 Å². The molecule has 0 bridgehead atoms. The monoisotopic (exact) mass is 351 g/mol. The zero-order valence-corrected chi connectivity index (χ0v) is 13.4. The smallest absolute Gasteiger partial charge is 0.451 e. The summed E-state index contributed by atoms with van der Waals surface area (Å²) in [6, 6.07) is -0.323. The fourth-order valence-corrected chi connectivity index (χ4v) is 4.11. The third kappa shape index (κ3) is 4.21. The van der Waals surface area contributed by atoms with Crippen molar-refractivity contribution < 1.29 is 32.5 Å². The summed E-state index contributed by atoms with van der Waals surface area (Å²) < 4.78 is 30.2. The van der Waals surface area contributed by atoms with E-state index in [1.165, 1.54) is 0 Å². The Morgan fingerprint density at radius 1 is 1.43 bits per heavy atom. The molecule has 2 fully saturated rings. The molecule has 7 N–H and O–H groups in total. The molecule has 0 radical (unpaired) electrons. The summed E-state index contributed by atoms with van der Waals surface area (Å²) in [4.78, 5) is 11.5. The van der Waals surface area contributed by atoms with Crippen LogP contribution in [0, 0.1) is 5.92 Å². The maximum atomic E-state index is 12.2. The van der Waals surface area contributed by atoms with Gasteiger partial charge < -0.3 is 26.6 Å². The van der Waals surface area contributed by atoms with E-state index in [1.54, 1.807) is 0 Å². The lowest BCUT2D eigenvalue weighted by atomic mass is 9.78. The third-order valence-electron chi connectivity index (χ3n) is 4.34. The van der Waals surface area contributed by atoms with Gasteiger partial charge in [0.25, 0.3) is 0 Å². The highest BCUT2D eigenvalue weighted by molar-refractivity contribution is 7.84. The molecule has 2 rings (SSSR count). The molecule has 2 aliphatic rings. The maximum absolute atomic E-state index is 12.2. The average Bonchev–Trinajstić information content (AvgIpc) is 2.96. The molecule has 1 saturated carbocycles. The average molecular weight is 351 g/mol. The van der Waals surface area contributed by atoms with Crippen molar-refractivity contribution in [3.8, 4) is 0 Å². The van der Waals surface area contributed by atoms with Crippen molar-refractivity contribution in [3.05, 3.63) is 0 Å². The van der Waals surface area contributed by atoms with Gasteiger partial charge in [0, 0.05) is 25.0 Å². The predicted octanol–water partition coefficient (Wildman–Crippen LogP) is -2.69. The van der Waals surface area contributed by atoms with Crippen LogP contribution in [0.15, 0.2) is 0 Å². The van der Waals surface area contributed by atoms with E-state index in [0.29, 0.717) is 12.8 Å². The summed E-state index contributed by atoms with van der Waals surface area (Å²) in [5.74, 6) is -1.95. The van der Waals surface area contributed by atoms with Gasteiger partial charge in [-0.05, 0) is 19.2 Å². The predicted molar refractivity (Wildman–Crippen MR) is 80.2 cm³/mol. The molecule has 0 spiro atoms. The number of rotatable bonds is 8. The standard InChI is InChI=1S/C11H22BN3O7S/c13-8-4-9(8)22-23(20,21)15-5-7(2-1-3-12(18)19)11(14,6-15)10(16)17/h7-9,18-19H,1-6,13-14H2,(H,16,17)/t7-,8+,9+,11-/m0/s1. The molecule has 23 heavy (non-hydrogen) atoms. The summed E-state index contributed by atoms with van der Waals surface area (Å²) in [6.07, 6.45) is 0.511. The fourth-order valence-electron chi connectivity index (χ4n) is 2.72. The van der Waals surface area contributed by atoms with Gasteiger partial charge in [-0.15, -0.1) is 0 Å². The molecule has 1 aliphatic carbocycles. The molecular formula is C11H22BN3O7S. The lowest BCUT2D eigenvalue weighted by Crippen LogP contribution is -2.55. The Kier molecular flexibility index (Phi) is 5.35. The highest BCUT2D eigenvalue weighted by Crippen LogP contribution is 2.34. The summed E-state index contributed by atoms with van der Waals surface area (Å²) in [6.45, 7) is -0.479. The summed E-state index contributed by atoms with van der Waals surface area (Å²) in [7, 11) is -5.59. The molecule has 1 aliphatic heterocycles. The second kappa shape index (κ2) is 6.63. The van der Waals surface area contributed by atoms with Crippen LogP contribution in [0.4, 0.5) is 0 Å². The minimum absolute atomic E-state index is 0.0619. The number of nitrogens with zero attached hydrogens (tertiary/aromatic N) is 1. The van der Waals surface area contributed by atoms with E-state index in [4.69, 9.17) is 25.7 Å². The zero-order valence-electron chi connectivity index (χ0n) is 12.5. The Morgan fingerprint density at radius 3 is 2.52 bits per heavy atom. The second-order valence-corrected chi connectivity index (χ2v) is 7.80. The van der Waals surface area contributed by atoms with Crippen LogP contribution in [0.1, 0.15) is 19.3 Å². The molecular weight excluding hydrogens is 329 g/mol. The Hall–Kier alpha value is -0.755. The SMILES string of the molecule is N[C@@H]1C[C@H]1OS(=O)(=O)N1C[C@H](CCCB(O)O)[C@](N)(C(=O)O)C1. The van der Waals surface area contributed by atoms with Gasteiger partial charge in [0.1, 0.15) is 5.54 Å². The highest BCUT2D eigenvalue weighted by atomic mass is 32.2. The topological polar surface area (TPSA) is 176 Å². The van der Waals surface area contributed by atoms with Crippen molar-refractivity contribution in [3.63, 3.8) is 0 Å². The number of carboxylic acids is 1. The Bertz CT molecular complexity index is 560. The number of carbonyl (C=O) groups is 1. The second-order valence-electron chi connectivity index (χ2n) is 6.24. The molecule has 0 unspecified atom stereocenters. The largest absolute Gasteiger partial charge is 0.480 e. The molecule has 10 nitrogen and oxygen atoms in total. The van der Waals surface area contributed by atoms with Crippen molar-refractivity contribution in [1.29, 1.82) is 0 Å². The van der Waals surface area contributed by atoms with Crippen LogP contribution in [-0.4, -0.2) is 71.7 Å². The molecule has 0 amide bonds. The Morgan fingerprint density at radius 2 is 2.04 bits per heavy atom. The molecule has 132 valence electrons. The first kappa shape index (κ1) is 18.6. The lowest BCUT2D eigenvalue weighted by Gasteiger charge is -2.25. The van der Waals surface area contributed by atoms with E-state index >= 15 is 0 Å². The van der Waals surface area contributed by atoms with Gasteiger partial charge in [0.15, 0.2) is 0 Å². The normalized spacial score (nSPS) is 34.5. The molecule has 4 atom stereocenters. The quantitative estimate of drug-likeness (QED) is 0.291. The molecule has 0 aromatic carbocycles. The van der Waals surface area contributed by atoms with Crippen LogP contribution in [0.2, 0.25) is 6.32 Å². The Labute approximate surface area is 134 Å². The number of aliphatic carboxylic acids is 1.